The second kappa shape index (κ2) is 17.9. The van der Waals surface area contributed by atoms with E-state index in [2.05, 4.69) is 54.7 Å². The molecule has 1 amide bonds. The number of halogens is 5. The molecule has 2 atom stereocenters. The number of likely N-dealkylation sites (N-methyl/N-ethyl adjacent to an activating group) is 2. The lowest BCUT2D eigenvalue weighted by Crippen LogP contribution is -2.40. The Morgan fingerprint density at radius 3 is 2.23 bits per heavy atom. The lowest BCUT2D eigenvalue weighted by molar-refractivity contribution is -0.138. The summed E-state index contributed by atoms with van der Waals surface area (Å²) in [4.78, 5) is 36.0. The van der Waals surface area contributed by atoms with Crippen molar-refractivity contribution in [3.05, 3.63) is 81.6 Å². The molecule has 0 bridgehead atoms. The molecule has 0 aromatic heterocycles. The van der Waals surface area contributed by atoms with Gasteiger partial charge in [0.25, 0.3) is 0 Å². The first-order valence-electron chi connectivity index (χ1n) is 15.5. The average Bonchev–Trinajstić information content (AvgIpc) is 2.97. The van der Waals surface area contributed by atoms with E-state index in [-0.39, 0.29) is 34.8 Å². The number of hydrogen-bond acceptors (Lipinski definition) is 6. The van der Waals surface area contributed by atoms with Crippen molar-refractivity contribution in [1.29, 1.82) is 0 Å². The molecule has 4 N–H and O–H groups in total. The van der Waals surface area contributed by atoms with Gasteiger partial charge in [-0.2, -0.15) is 13.2 Å². The monoisotopic (exact) mass is 680 g/mol. The van der Waals surface area contributed by atoms with Gasteiger partial charge in [-0.3, -0.25) is 9.59 Å². The van der Waals surface area contributed by atoms with E-state index in [4.69, 9.17) is 5.11 Å². The van der Waals surface area contributed by atoms with Crippen molar-refractivity contribution in [2.75, 3.05) is 33.7 Å². The Labute approximate surface area is 278 Å². The topological polar surface area (TPSA) is 111 Å². The standard InChI is InChI=1S/C21H21F5N2O3.C10H14N2O.C4H10/c1-10-4-13(21(24,25)26)5-11(2)19(10)12-6-14(20(23)15(22)7-12)16(8-18(30)31)28-17(29)9-27-3;1-12-5-4-8-2-3-9(7-13)11-10(8)6-12;1-4(2)3/h4-7,16,27H,8-9H2,1-3H3,(H,28,29)(H,30,31);2-3,7,9,11H,4-6H2,1H3;4H,1-3H3. The zero-order chi connectivity index (χ0) is 36.3. The number of aryl methyl sites for hydroxylation is 2. The summed E-state index contributed by atoms with van der Waals surface area (Å²) in [6.45, 7) is 11.2. The second-order valence-corrected chi connectivity index (χ2v) is 12.5. The van der Waals surface area contributed by atoms with Crippen molar-refractivity contribution < 1.29 is 41.4 Å². The molecule has 2 aromatic rings. The van der Waals surface area contributed by atoms with Crippen molar-refractivity contribution in [3.8, 4) is 11.1 Å². The van der Waals surface area contributed by atoms with Gasteiger partial charge in [-0.25, -0.2) is 8.78 Å². The minimum atomic E-state index is -4.57. The van der Waals surface area contributed by atoms with Gasteiger partial charge in [-0.05, 0) is 92.4 Å². The number of nitrogens with zero attached hydrogens (tertiary/aromatic N) is 1. The molecule has 264 valence electrons. The van der Waals surface area contributed by atoms with Crippen molar-refractivity contribution in [2.24, 2.45) is 5.92 Å². The molecule has 2 aliphatic heterocycles. The number of hydrogen-bond donors (Lipinski definition) is 4. The van der Waals surface area contributed by atoms with Crippen molar-refractivity contribution in [3.63, 3.8) is 0 Å². The normalized spacial score (nSPS) is 16.5. The van der Waals surface area contributed by atoms with E-state index in [0.717, 1.165) is 56.0 Å². The summed E-state index contributed by atoms with van der Waals surface area (Å²) >= 11 is 0. The minimum Gasteiger partial charge on any atom is -0.481 e. The van der Waals surface area contributed by atoms with Crippen molar-refractivity contribution >= 4 is 18.2 Å². The number of carboxylic acid groups (broad SMARTS) is 1. The van der Waals surface area contributed by atoms with Gasteiger partial charge in [-0.1, -0.05) is 32.9 Å². The Hall–Kier alpha value is -4.10. The number of carbonyl (C=O) groups is 3. The van der Waals surface area contributed by atoms with Crippen molar-refractivity contribution in [1.82, 2.24) is 20.9 Å². The third kappa shape index (κ3) is 11.9. The van der Waals surface area contributed by atoms with E-state index in [1.165, 1.54) is 32.2 Å². The van der Waals surface area contributed by atoms with Crippen LogP contribution in [0.4, 0.5) is 22.0 Å². The maximum absolute atomic E-state index is 14.6. The first-order chi connectivity index (χ1) is 22.4. The fourth-order valence-electron chi connectivity index (χ4n) is 5.19. The smallest absolute Gasteiger partial charge is 0.416 e. The highest BCUT2D eigenvalue weighted by molar-refractivity contribution is 5.80. The lowest BCUT2D eigenvalue weighted by Gasteiger charge is -2.30. The van der Waals surface area contributed by atoms with E-state index in [9.17, 15) is 36.3 Å². The first kappa shape index (κ1) is 40.1. The molecule has 0 fully saturated rings. The molecule has 4 rings (SSSR count). The average molecular weight is 681 g/mol. The number of dihydropyridines is 1. The van der Waals surface area contributed by atoms with Gasteiger partial charge in [0.2, 0.25) is 5.91 Å². The number of carboxylic acids is 1. The molecular weight excluding hydrogens is 635 g/mol. The third-order valence-corrected chi connectivity index (χ3v) is 7.20. The molecule has 0 spiro atoms. The molecule has 2 aromatic carbocycles. The molecule has 2 aliphatic rings. The highest BCUT2D eigenvalue weighted by atomic mass is 19.4. The quantitative estimate of drug-likeness (QED) is 0.198. The van der Waals surface area contributed by atoms with Crippen LogP contribution in [0.3, 0.4) is 0 Å². The fraction of sp³-hybridized carbons (Fsp3) is 0.457. The number of aldehydes is 1. The van der Waals surface area contributed by atoms with Gasteiger partial charge in [0.1, 0.15) is 12.3 Å². The van der Waals surface area contributed by atoms with E-state index >= 15 is 0 Å². The van der Waals surface area contributed by atoms with Gasteiger partial charge in [0.15, 0.2) is 11.6 Å². The summed E-state index contributed by atoms with van der Waals surface area (Å²) in [6.07, 6.45) is 0.739. The van der Waals surface area contributed by atoms with E-state index in [1.807, 2.05) is 6.08 Å². The van der Waals surface area contributed by atoms with E-state index < -0.39 is 53.3 Å². The van der Waals surface area contributed by atoms with Gasteiger partial charge < -0.3 is 30.8 Å². The summed E-state index contributed by atoms with van der Waals surface area (Å²) < 4.78 is 68.2. The fourth-order valence-corrected chi connectivity index (χ4v) is 5.19. The minimum absolute atomic E-state index is 0.0656. The number of carbonyl (C=O) groups excluding carboxylic acids is 2. The van der Waals surface area contributed by atoms with Crippen LogP contribution in [0.5, 0.6) is 0 Å². The van der Waals surface area contributed by atoms with Crippen LogP contribution in [-0.2, 0) is 20.6 Å². The number of amides is 1. The molecule has 48 heavy (non-hydrogen) atoms. The molecule has 0 saturated carbocycles. The van der Waals surface area contributed by atoms with Gasteiger partial charge in [-0.15, -0.1) is 0 Å². The lowest BCUT2D eigenvalue weighted by atomic mass is 9.90. The number of rotatable bonds is 8. The van der Waals surface area contributed by atoms with Crippen LogP contribution < -0.4 is 16.0 Å². The highest BCUT2D eigenvalue weighted by Crippen LogP contribution is 2.37. The summed E-state index contributed by atoms with van der Waals surface area (Å²) in [5.74, 6) is -3.82. The largest absolute Gasteiger partial charge is 0.481 e. The van der Waals surface area contributed by atoms with Gasteiger partial charge in [0.05, 0.1) is 24.6 Å². The SMILES string of the molecule is CC(C)C.CN1CCC2=C(C1)NC(C=O)C=C2.CNCC(=O)NC(CC(=O)O)c1cc(-c2c(C)cc(C(F)(F)F)cc2C)cc(F)c1F. The molecule has 0 radical (unpaired) electrons. The first-order valence-corrected chi connectivity index (χ1v) is 15.5. The second-order valence-electron chi connectivity index (χ2n) is 12.5. The maximum atomic E-state index is 14.6. The predicted octanol–water partition coefficient (Wildman–Crippen LogP) is 6.08. The Morgan fingerprint density at radius 2 is 1.71 bits per heavy atom. The third-order valence-electron chi connectivity index (χ3n) is 7.20. The number of nitrogens with one attached hydrogen (secondary N) is 3. The Kier molecular flexibility index (Phi) is 14.9. The number of alkyl halides is 3. The van der Waals surface area contributed by atoms with Crippen LogP contribution in [0.25, 0.3) is 11.1 Å². The molecule has 0 aliphatic carbocycles. The highest BCUT2D eigenvalue weighted by Gasteiger charge is 2.32. The van der Waals surface area contributed by atoms with Crippen LogP contribution in [0, 0.1) is 31.4 Å². The maximum Gasteiger partial charge on any atom is 0.416 e. The molecule has 2 heterocycles. The van der Waals surface area contributed by atoms with Gasteiger partial charge in [0, 0.05) is 24.4 Å². The molecule has 13 heteroatoms. The Morgan fingerprint density at radius 1 is 1.10 bits per heavy atom. The zero-order valence-electron chi connectivity index (χ0n) is 28.3. The Bertz CT molecular complexity index is 1500. The molecular formula is C35H45F5N4O4. The van der Waals surface area contributed by atoms with Crippen LogP contribution in [0.15, 0.2) is 47.7 Å². The van der Waals surface area contributed by atoms with E-state index in [1.54, 1.807) is 0 Å². The number of benzene rings is 2. The van der Waals surface area contributed by atoms with Crippen LogP contribution in [-0.4, -0.2) is 67.9 Å². The molecule has 0 saturated heterocycles. The molecule has 8 nitrogen and oxygen atoms in total. The Balaban J connectivity index is 0.000000384. The summed E-state index contributed by atoms with van der Waals surface area (Å²) in [6, 6.07) is 2.26. The molecule has 2 unspecified atom stereocenters. The summed E-state index contributed by atoms with van der Waals surface area (Å²) in [5, 5.41) is 17.2. The summed E-state index contributed by atoms with van der Waals surface area (Å²) in [7, 11) is 3.57. The van der Waals surface area contributed by atoms with Crippen LogP contribution in [0.1, 0.15) is 61.9 Å². The van der Waals surface area contributed by atoms with E-state index in [0.29, 0.717) is 0 Å². The van der Waals surface area contributed by atoms with Crippen LogP contribution >= 0.6 is 0 Å². The van der Waals surface area contributed by atoms with Gasteiger partial charge >= 0.3 is 12.1 Å². The summed E-state index contributed by atoms with van der Waals surface area (Å²) in [5.41, 5.74) is 1.96. The van der Waals surface area contributed by atoms with Crippen molar-refractivity contribution in [2.45, 2.75) is 65.7 Å². The number of allylic oxidation sites excluding steroid dienone is 1. The van der Waals surface area contributed by atoms with Crippen LogP contribution in [0.2, 0.25) is 0 Å². The zero-order valence-corrected chi connectivity index (χ0v) is 28.3. The number of aliphatic carboxylic acids is 1. The predicted molar refractivity (Wildman–Crippen MR) is 175 cm³/mol.